The summed E-state index contributed by atoms with van der Waals surface area (Å²) in [5.41, 5.74) is 1.30. The second-order valence-electron chi connectivity index (χ2n) is 3.50. The number of hydrogen-bond donors (Lipinski definition) is 0. The number of hydrogen-bond acceptors (Lipinski definition) is 2. The van der Waals surface area contributed by atoms with Gasteiger partial charge in [0.2, 0.25) is 0 Å². The molecule has 0 aliphatic rings. The molecule has 0 amide bonds. The molecule has 1 aromatic carbocycles. The van der Waals surface area contributed by atoms with Crippen LogP contribution in [0.25, 0.3) is 0 Å². The van der Waals surface area contributed by atoms with Crippen molar-refractivity contribution in [3.05, 3.63) is 59.7 Å². The molecule has 1 aromatic heterocycles. The second kappa shape index (κ2) is 5.64. The molecule has 88 valence electrons. The van der Waals surface area contributed by atoms with E-state index in [-0.39, 0.29) is 12.4 Å². The molecule has 0 N–H and O–H groups in total. The third-order valence-corrected chi connectivity index (χ3v) is 2.56. The molecule has 2 rings (SSSR count). The minimum absolute atomic E-state index is 0.189. The van der Waals surface area contributed by atoms with Crippen LogP contribution in [0.5, 0.6) is 5.75 Å². The highest BCUT2D eigenvalue weighted by molar-refractivity contribution is 6.16. The van der Waals surface area contributed by atoms with E-state index in [9.17, 15) is 4.39 Å². The van der Waals surface area contributed by atoms with Crippen LogP contribution in [0.3, 0.4) is 0 Å². The van der Waals surface area contributed by atoms with E-state index in [4.69, 9.17) is 16.3 Å². The fourth-order valence-electron chi connectivity index (χ4n) is 1.35. The van der Waals surface area contributed by atoms with E-state index < -0.39 is 0 Å². The van der Waals surface area contributed by atoms with Crippen molar-refractivity contribution >= 4 is 11.6 Å². The molecule has 0 saturated carbocycles. The number of aromatic nitrogens is 1. The summed E-state index contributed by atoms with van der Waals surface area (Å²) in [6, 6.07) is 10.1. The average molecular weight is 252 g/mol. The van der Waals surface area contributed by atoms with E-state index in [1.807, 2.05) is 0 Å². The Morgan fingerprint density at radius 2 is 2.00 bits per heavy atom. The Labute approximate surface area is 104 Å². The molecule has 0 spiro atoms. The first kappa shape index (κ1) is 11.9. The molecule has 0 bridgehead atoms. The van der Waals surface area contributed by atoms with E-state index in [2.05, 4.69) is 4.98 Å². The fourth-order valence-corrected chi connectivity index (χ4v) is 1.51. The molecular weight excluding hydrogens is 241 g/mol. The minimum Gasteiger partial charge on any atom is -0.487 e. The topological polar surface area (TPSA) is 22.1 Å². The standard InChI is InChI=1S/C13H11ClFNO/c14-7-11-5-6-12(8-16-11)17-9-10-3-1-2-4-13(10)15/h1-6,8H,7,9H2. The number of pyridine rings is 1. The Bertz CT molecular complexity index is 487. The maximum Gasteiger partial charge on any atom is 0.138 e. The molecule has 0 aliphatic carbocycles. The lowest BCUT2D eigenvalue weighted by Crippen LogP contribution is -1.98. The number of ether oxygens (including phenoxy) is 1. The highest BCUT2D eigenvalue weighted by atomic mass is 35.5. The van der Waals surface area contributed by atoms with Gasteiger partial charge in [0.25, 0.3) is 0 Å². The Hall–Kier alpha value is -1.61. The summed E-state index contributed by atoms with van der Waals surface area (Å²) in [7, 11) is 0. The van der Waals surface area contributed by atoms with Gasteiger partial charge in [0.1, 0.15) is 18.2 Å². The van der Waals surface area contributed by atoms with Crippen LogP contribution in [0.1, 0.15) is 11.3 Å². The van der Waals surface area contributed by atoms with Gasteiger partial charge >= 0.3 is 0 Å². The van der Waals surface area contributed by atoms with Crippen LogP contribution < -0.4 is 4.74 Å². The molecule has 0 aliphatic heterocycles. The van der Waals surface area contributed by atoms with Crippen molar-refractivity contribution in [2.24, 2.45) is 0 Å². The molecule has 4 heteroatoms. The van der Waals surface area contributed by atoms with Crippen LogP contribution in [-0.2, 0) is 12.5 Å². The number of alkyl halides is 1. The summed E-state index contributed by atoms with van der Waals surface area (Å²) >= 11 is 5.62. The smallest absolute Gasteiger partial charge is 0.138 e. The van der Waals surface area contributed by atoms with Crippen LogP contribution in [0, 0.1) is 5.82 Å². The lowest BCUT2D eigenvalue weighted by molar-refractivity contribution is 0.298. The Morgan fingerprint density at radius 1 is 1.18 bits per heavy atom. The molecule has 0 radical (unpaired) electrons. The van der Waals surface area contributed by atoms with Gasteiger partial charge in [-0.2, -0.15) is 0 Å². The first-order valence-electron chi connectivity index (χ1n) is 5.16. The van der Waals surface area contributed by atoms with Gasteiger partial charge in [-0.15, -0.1) is 11.6 Å². The number of rotatable bonds is 4. The van der Waals surface area contributed by atoms with Crippen molar-refractivity contribution < 1.29 is 9.13 Å². The first-order chi connectivity index (χ1) is 8.29. The zero-order chi connectivity index (χ0) is 12.1. The molecule has 1 heterocycles. The lowest BCUT2D eigenvalue weighted by atomic mass is 10.2. The van der Waals surface area contributed by atoms with Gasteiger partial charge in [0, 0.05) is 5.56 Å². The van der Waals surface area contributed by atoms with E-state index in [1.54, 1.807) is 36.5 Å². The van der Waals surface area contributed by atoms with Gasteiger partial charge in [-0.3, -0.25) is 4.98 Å². The highest BCUT2D eigenvalue weighted by Crippen LogP contribution is 2.14. The minimum atomic E-state index is -0.266. The molecule has 2 aromatic rings. The first-order valence-corrected chi connectivity index (χ1v) is 5.70. The summed E-state index contributed by atoms with van der Waals surface area (Å²) in [6.45, 7) is 0.189. The quantitative estimate of drug-likeness (QED) is 0.776. The normalized spacial score (nSPS) is 10.2. The monoisotopic (exact) mass is 251 g/mol. The van der Waals surface area contributed by atoms with Crippen LogP contribution in [0.4, 0.5) is 4.39 Å². The molecule has 0 saturated heterocycles. The number of halogens is 2. The Kier molecular flexibility index (Phi) is 3.94. The predicted molar refractivity (Wildman–Crippen MR) is 64.5 cm³/mol. The second-order valence-corrected chi connectivity index (χ2v) is 3.77. The summed E-state index contributed by atoms with van der Waals surface area (Å²) in [6.07, 6.45) is 1.58. The van der Waals surface area contributed by atoms with E-state index >= 15 is 0 Å². The van der Waals surface area contributed by atoms with Crippen LogP contribution in [0.15, 0.2) is 42.6 Å². The van der Waals surface area contributed by atoms with Gasteiger partial charge in [-0.25, -0.2) is 4.39 Å². The van der Waals surface area contributed by atoms with E-state index in [0.29, 0.717) is 17.2 Å². The van der Waals surface area contributed by atoms with E-state index in [1.165, 1.54) is 6.07 Å². The van der Waals surface area contributed by atoms with Crippen molar-refractivity contribution in [2.45, 2.75) is 12.5 Å². The van der Waals surface area contributed by atoms with Gasteiger partial charge in [0.15, 0.2) is 0 Å². The van der Waals surface area contributed by atoms with Crippen LogP contribution >= 0.6 is 11.6 Å². The van der Waals surface area contributed by atoms with E-state index in [0.717, 1.165) is 5.69 Å². The van der Waals surface area contributed by atoms with Crippen molar-refractivity contribution in [2.75, 3.05) is 0 Å². The fraction of sp³-hybridized carbons (Fsp3) is 0.154. The maximum absolute atomic E-state index is 13.3. The van der Waals surface area contributed by atoms with Gasteiger partial charge in [-0.05, 0) is 18.2 Å². The molecule has 0 atom stereocenters. The summed E-state index contributed by atoms with van der Waals surface area (Å²) in [5.74, 6) is 0.702. The molecule has 17 heavy (non-hydrogen) atoms. The van der Waals surface area contributed by atoms with Crippen molar-refractivity contribution in [1.82, 2.24) is 4.98 Å². The largest absolute Gasteiger partial charge is 0.487 e. The zero-order valence-corrected chi connectivity index (χ0v) is 9.82. The number of benzene rings is 1. The van der Waals surface area contributed by atoms with Crippen molar-refractivity contribution in [1.29, 1.82) is 0 Å². The van der Waals surface area contributed by atoms with Crippen LogP contribution in [0.2, 0.25) is 0 Å². The molecule has 2 nitrogen and oxygen atoms in total. The Morgan fingerprint density at radius 3 is 2.65 bits per heavy atom. The van der Waals surface area contributed by atoms with Gasteiger partial charge in [-0.1, -0.05) is 18.2 Å². The zero-order valence-electron chi connectivity index (χ0n) is 9.07. The highest BCUT2D eigenvalue weighted by Gasteiger charge is 2.02. The number of nitrogens with zero attached hydrogens (tertiary/aromatic N) is 1. The third kappa shape index (κ3) is 3.17. The third-order valence-electron chi connectivity index (χ3n) is 2.29. The lowest BCUT2D eigenvalue weighted by Gasteiger charge is -2.06. The van der Waals surface area contributed by atoms with Gasteiger partial charge in [0.05, 0.1) is 17.8 Å². The molecular formula is C13H11ClFNO. The summed E-state index contributed by atoms with van der Waals surface area (Å²) in [5, 5.41) is 0. The Balaban J connectivity index is 2.00. The SMILES string of the molecule is Fc1ccccc1COc1ccc(CCl)nc1. The summed E-state index contributed by atoms with van der Waals surface area (Å²) < 4.78 is 18.7. The predicted octanol–water partition coefficient (Wildman–Crippen LogP) is 3.54. The van der Waals surface area contributed by atoms with Gasteiger partial charge < -0.3 is 4.74 Å². The molecule has 0 fully saturated rings. The van der Waals surface area contributed by atoms with Crippen molar-refractivity contribution in [3.63, 3.8) is 0 Å². The maximum atomic E-state index is 13.3. The van der Waals surface area contributed by atoms with Crippen molar-refractivity contribution in [3.8, 4) is 5.75 Å². The summed E-state index contributed by atoms with van der Waals surface area (Å²) in [4.78, 5) is 4.08. The average Bonchev–Trinajstić information content (AvgIpc) is 2.38. The molecule has 0 unspecified atom stereocenters. The van der Waals surface area contributed by atoms with Crippen LogP contribution in [-0.4, -0.2) is 4.98 Å².